The number of imide groups is 1. The largest absolute Gasteiger partial charge is 0.384 e. The highest BCUT2D eigenvalue weighted by atomic mass is 19.1. The van der Waals surface area contributed by atoms with E-state index in [1.807, 2.05) is 6.92 Å². The molecule has 2 amide bonds. The fourth-order valence-electron chi connectivity index (χ4n) is 2.16. The van der Waals surface area contributed by atoms with Gasteiger partial charge in [-0.25, -0.2) is 4.39 Å². The molecular weight excluding hydrogens is 261 g/mol. The lowest BCUT2D eigenvalue weighted by Gasteiger charge is -2.28. The van der Waals surface area contributed by atoms with Gasteiger partial charge in [-0.1, -0.05) is 18.8 Å². The lowest BCUT2D eigenvalue weighted by molar-refractivity contribution is -0.130. The molecule has 0 aliphatic carbocycles. The van der Waals surface area contributed by atoms with Gasteiger partial charge in [0.2, 0.25) is 11.8 Å². The number of halogens is 1. The first-order valence-corrected chi connectivity index (χ1v) is 6.28. The van der Waals surface area contributed by atoms with Gasteiger partial charge in [0.15, 0.2) is 0 Å². The maximum atomic E-state index is 13.8. The zero-order chi connectivity index (χ0) is 14.7. The van der Waals surface area contributed by atoms with E-state index < -0.39 is 5.82 Å². The standard InChI is InChI=1S/C15H14FNO3/c1-10-7-14(19)17(15(20)8-10)12-5-4-11(3-2-6-18)13(16)9-12/h4-5,9-10,18H,6-8H2,1H3. The summed E-state index contributed by atoms with van der Waals surface area (Å²) in [7, 11) is 0. The number of rotatable bonds is 1. The molecule has 1 aliphatic rings. The quantitative estimate of drug-likeness (QED) is 0.623. The predicted octanol–water partition coefficient (Wildman–Crippen LogP) is 1.46. The predicted molar refractivity (Wildman–Crippen MR) is 71.3 cm³/mol. The highest BCUT2D eigenvalue weighted by Crippen LogP contribution is 2.26. The lowest BCUT2D eigenvalue weighted by atomic mass is 9.97. The van der Waals surface area contributed by atoms with Gasteiger partial charge in [0, 0.05) is 12.8 Å². The summed E-state index contributed by atoms with van der Waals surface area (Å²) in [6.45, 7) is 1.48. The lowest BCUT2D eigenvalue weighted by Crippen LogP contribution is -2.42. The Labute approximate surface area is 116 Å². The third kappa shape index (κ3) is 2.86. The summed E-state index contributed by atoms with van der Waals surface area (Å²) in [4.78, 5) is 24.8. The van der Waals surface area contributed by atoms with Crippen molar-refractivity contribution in [2.24, 2.45) is 5.92 Å². The normalized spacial score (nSPS) is 16.1. The van der Waals surface area contributed by atoms with Crippen molar-refractivity contribution in [3.63, 3.8) is 0 Å². The number of aliphatic hydroxyl groups is 1. The van der Waals surface area contributed by atoms with Crippen molar-refractivity contribution >= 4 is 17.5 Å². The maximum Gasteiger partial charge on any atom is 0.234 e. The molecule has 104 valence electrons. The summed E-state index contributed by atoms with van der Waals surface area (Å²) in [6, 6.07) is 4.00. The molecule has 1 fully saturated rings. The van der Waals surface area contributed by atoms with Crippen LogP contribution in [0.25, 0.3) is 0 Å². The van der Waals surface area contributed by atoms with E-state index >= 15 is 0 Å². The molecule has 1 aliphatic heterocycles. The molecule has 5 heteroatoms. The minimum absolute atomic E-state index is 0.0193. The fourth-order valence-corrected chi connectivity index (χ4v) is 2.16. The van der Waals surface area contributed by atoms with E-state index in [0.717, 1.165) is 11.0 Å². The number of benzene rings is 1. The monoisotopic (exact) mass is 275 g/mol. The van der Waals surface area contributed by atoms with Crippen LogP contribution >= 0.6 is 0 Å². The van der Waals surface area contributed by atoms with Gasteiger partial charge in [-0.15, -0.1) is 0 Å². The van der Waals surface area contributed by atoms with Gasteiger partial charge in [0.25, 0.3) is 0 Å². The Balaban J connectivity index is 2.32. The van der Waals surface area contributed by atoms with E-state index in [1.54, 1.807) is 0 Å². The SMILES string of the molecule is CC1CC(=O)N(c2ccc(C#CCO)c(F)c2)C(=O)C1. The van der Waals surface area contributed by atoms with Crippen LogP contribution in [0.5, 0.6) is 0 Å². The molecule has 1 saturated heterocycles. The summed E-state index contributed by atoms with van der Waals surface area (Å²) in [5.74, 6) is 3.57. The molecule has 4 nitrogen and oxygen atoms in total. The van der Waals surface area contributed by atoms with Crippen LogP contribution in [0.1, 0.15) is 25.3 Å². The second kappa shape index (κ2) is 5.85. The van der Waals surface area contributed by atoms with Crippen LogP contribution in [0.2, 0.25) is 0 Å². The van der Waals surface area contributed by atoms with Crippen LogP contribution in [0.4, 0.5) is 10.1 Å². The Bertz CT molecular complexity index is 597. The third-order valence-corrected chi connectivity index (χ3v) is 3.06. The number of hydrogen-bond donors (Lipinski definition) is 1. The Morgan fingerprint density at radius 2 is 2.00 bits per heavy atom. The van der Waals surface area contributed by atoms with Crippen LogP contribution in [-0.4, -0.2) is 23.5 Å². The van der Waals surface area contributed by atoms with E-state index in [9.17, 15) is 14.0 Å². The molecule has 2 rings (SSSR count). The zero-order valence-electron chi connectivity index (χ0n) is 11.0. The number of hydrogen-bond acceptors (Lipinski definition) is 3. The number of aliphatic hydroxyl groups excluding tert-OH is 1. The third-order valence-electron chi connectivity index (χ3n) is 3.06. The van der Waals surface area contributed by atoms with Crippen molar-refractivity contribution in [2.45, 2.75) is 19.8 Å². The Hall–Kier alpha value is -2.19. The molecular formula is C15H14FNO3. The highest BCUT2D eigenvalue weighted by molar-refractivity contribution is 6.16. The van der Waals surface area contributed by atoms with E-state index in [2.05, 4.69) is 11.8 Å². The van der Waals surface area contributed by atoms with Crippen LogP contribution in [0.15, 0.2) is 18.2 Å². The molecule has 1 heterocycles. The maximum absolute atomic E-state index is 13.8. The average Bonchev–Trinajstić information content (AvgIpc) is 2.36. The molecule has 0 aromatic heterocycles. The Morgan fingerprint density at radius 1 is 1.35 bits per heavy atom. The number of anilines is 1. The van der Waals surface area contributed by atoms with Gasteiger partial charge in [-0.3, -0.25) is 14.5 Å². The summed E-state index contributed by atoms with van der Waals surface area (Å²) in [5, 5.41) is 8.58. The minimum Gasteiger partial charge on any atom is -0.384 e. The van der Waals surface area contributed by atoms with E-state index in [-0.39, 0.29) is 48.4 Å². The van der Waals surface area contributed by atoms with Gasteiger partial charge >= 0.3 is 0 Å². The van der Waals surface area contributed by atoms with Crippen LogP contribution in [0.3, 0.4) is 0 Å². The highest BCUT2D eigenvalue weighted by Gasteiger charge is 2.31. The topological polar surface area (TPSA) is 57.6 Å². The van der Waals surface area contributed by atoms with Gasteiger partial charge in [0.05, 0.1) is 11.3 Å². The second-order valence-electron chi connectivity index (χ2n) is 4.76. The van der Waals surface area contributed by atoms with Crippen LogP contribution < -0.4 is 4.90 Å². The van der Waals surface area contributed by atoms with E-state index in [4.69, 9.17) is 5.11 Å². The van der Waals surface area contributed by atoms with Gasteiger partial charge in [-0.2, -0.15) is 0 Å². The van der Waals surface area contributed by atoms with Gasteiger partial charge < -0.3 is 5.11 Å². The number of nitrogens with zero attached hydrogens (tertiary/aromatic N) is 1. The van der Waals surface area contributed by atoms with Crippen molar-refractivity contribution in [2.75, 3.05) is 11.5 Å². The number of carbonyl (C=O) groups excluding carboxylic acids is 2. The molecule has 20 heavy (non-hydrogen) atoms. The fraction of sp³-hybridized carbons (Fsp3) is 0.333. The van der Waals surface area contributed by atoms with Crippen molar-refractivity contribution < 1.29 is 19.1 Å². The number of piperidine rings is 1. The van der Waals surface area contributed by atoms with Gasteiger partial charge in [0.1, 0.15) is 12.4 Å². The summed E-state index contributed by atoms with van der Waals surface area (Å²) >= 11 is 0. The first-order valence-electron chi connectivity index (χ1n) is 6.28. The zero-order valence-corrected chi connectivity index (χ0v) is 11.0. The second-order valence-corrected chi connectivity index (χ2v) is 4.76. The molecule has 0 bridgehead atoms. The van der Waals surface area contributed by atoms with Crippen LogP contribution in [0, 0.1) is 23.6 Å². The molecule has 1 aromatic rings. The first-order chi connectivity index (χ1) is 9.52. The summed E-state index contributed by atoms with van der Waals surface area (Å²) in [5.41, 5.74) is 0.340. The average molecular weight is 275 g/mol. The molecule has 1 aromatic carbocycles. The molecule has 0 atom stereocenters. The van der Waals surface area contributed by atoms with Crippen molar-refractivity contribution in [1.29, 1.82) is 0 Å². The van der Waals surface area contributed by atoms with Crippen molar-refractivity contribution in [3.8, 4) is 11.8 Å². The number of carbonyl (C=O) groups is 2. The molecule has 0 spiro atoms. The first kappa shape index (κ1) is 14.2. The van der Waals surface area contributed by atoms with E-state index in [0.29, 0.717) is 0 Å². The van der Waals surface area contributed by atoms with Gasteiger partial charge in [-0.05, 0) is 24.1 Å². The minimum atomic E-state index is -0.623. The summed E-state index contributed by atoms with van der Waals surface area (Å²) < 4.78 is 13.8. The van der Waals surface area contributed by atoms with Crippen molar-refractivity contribution in [1.82, 2.24) is 0 Å². The van der Waals surface area contributed by atoms with Crippen LogP contribution in [-0.2, 0) is 9.59 Å². The molecule has 0 saturated carbocycles. The Kier molecular flexibility index (Phi) is 4.16. The molecule has 1 N–H and O–H groups in total. The van der Waals surface area contributed by atoms with E-state index in [1.165, 1.54) is 12.1 Å². The number of amides is 2. The smallest absolute Gasteiger partial charge is 0.234 e. The Morgan fingerprint density at radius 3 is 2.55 bits per heavy atom. The summed E-state index contributed by atoms with van der Waals surface area (Å²) in [6.07, 6.45) is 0.554. The van der Waals surface area contributed by atoms with Crippen molar-refractivity contribution in [3.05, 3.63) is 29.6 Å². The molecule has 0 radical (unpaired) electrons. The molecule has 0 unspecified atom stereocenters.